The van der Waals surface area contributed by atoms with Gasteiger partial charge in [0.2, 0.25) is 0 Å². The minimum Gasteiger partial charge on any atom is -0.501 e. The van der Waals surface area contributed by atoms with Crippen LogP contribution in [0.2, 0.25) is 0 Å². The zero-order chi connectivity index (χ0) is 12.7. The van der Waals surface area contributed by atoms with Gasteiger partial charge in [0, 0.05) is 15.3 Å². The van der Waals surface area contributed by atoms with E-state index in [-0.39, 0.29) is 5.91 Å². The second-order valence-corrected chi connectivity index (χ2v) is 4.65. The molecule has 0 atom stereocenters. The summed E-state index contributed by atoms with van der Waals surface area (Å²) in [5.41, 5.74) is 1.99. The van der Waals surface area contributed by atoms with Crippen LogP contribution in [-0.4, -0.2) is 12.5 Å². The third-order valence-corrected chi connectivity index (χ3v) is 2.86. The first-order chi connectivity index (χ1) is 8.17. The molecule has 4 heteroatoms. The molecule has 1 amide bonds. The summed E-state index contributed by atoms with van der Waals surface area (Å²) < 4.78 is 6.14. The fraction of sp³-hybridized carbons (Fsp3) is 0.308. The summed E-state index contributed by atoms with van der Waals surface area (Å²) in [6.45, 7) is 4.50. The number of rotatable bonds is 5. The maximum Gasteiger partial charge on any atom is 0.251 e. The van der Waals surface area contributed by atoms with Crippen LogP contribution in [0.4, 0.5) is 5.69 Å². The number of ether oxygens (including phenoxy) is 1. The van der Waals surface area contributed by atoms with E-state index < -0.39 is 0 Å². The van der Waals surface area contributed by atoms with Crippen LogP contribution in [0, 0.1) is 3.57 Å². The summed E-state index contributed by atoms with van der Waals surface area (Å²) in [6, 6.07) is 5.97. The molecule has 3 nitrogen and oxygen atoms in total. The molecule has 0 aliphatic carbocycles. The number of amides is 1. The SMILES string of the molecule is CCOC=CC(=O)Nc1ccc(I)cc1CC. The molecule has 0 heterocycles. The minimum absolute atomic E-state index is 0.172. The lowest BCUT2D eigenvalue weighted by molar-refractivity contribution is -0.112. The molecule has 0 saturated heterocycles. The smallest absolute Gasteiger partial charge is 0.251 e. The second-order valence-electron chi connectivity index (χ2n) is 3.40. The van der Waals surface area contributed by atoms with Crippen molar-refractivity contribution in [3.63, 3.8) is 0 Å². The van der Waals surface area contributed by atoms with E-state index in [0.717, 1.165) is 17.7 Å². The van der Waals surface area contributed by atoms with Gasteiger partial charge in [-0.15, -0.1) is 0 Å². The number of halogens is 1. The standard InChI is InChI=1S/C13H16INO2/c1-3-10-9-11(14)5-6-12(10)15-13(16)7-8-17-4-2/h5-9H,3-4H2,1-2H3,(H,15,16). The van der Waals surface area contributed by atoms with Crippen molar-refractivity contribution in [2.45, 2.75) is 20.3 Å². The number of carbonyl (C=O) groups is 1. The summed E-state index contributed by atoms with van der Waals surface area (Å²) in [4.78, 5) is 11.6. The predicted octanol–water partition coefficient (Wildman–Crippen LogP) is 3.34. The van der Waals surface area contributed by atoms with Gasteiger partial charge < -0.3 is 10.1 Å². The molecule has 0 aromatic heterocycles. The van der Waals surface area contributed by atoms with Crippen LogP contribution in [0.5, 0.6) is 0 Å². The molecule has 0 spiro atoms. The third-order valence-electron chi connectivity index (χ3n) is 2.19. The Morgan fingerprint density at radius 3 is 2.88 bits per heavy atom. The molecule has 0 bridgehead atoms. The highest BCUT2D eigenvalue weighted by atomic mass is 127. The van der Waals surface area contributed by atoms with Crippen LogP contribution in [0.3, 0.4) is 0 Å². The lowest BCUT2D eigenvalue weighted by Crippen LogP contribution is -2.10. The highest BCUT2D eigenvalue weighted by Gasteiger charge is 2.03. The van der Waals surface area contributed by atoms with E-state index in [1.165, 1.54) is 15.9 Å². The molecule has 1 rings (SSSR count). The van der Waals surface area contributed by atoms with Crippen molar-refractivity contribution in [2.24, 2.45) is 0 Å². The van der Waals surface area contributed by atoms with Crippen LogP contribution in [0.1, 0.15) is 19.4 Å². The molecule has 1 N–H and O–H groups in total. The van der Waals surface area contributed by atoms with Gasteiger partial charge in [-0.2, -0.15) is 0 Å². The molecule has 1 aromatic rings. The van der Waals surface area contributed by atoms with Gasteiger partial charge in [0.15, 0.2) is 0 Å². The van der Waals surface area contributed by atoms with Crippen molar-refractivity contribution >= 4 is 34.2 Å². The molecule has 0 saturated carbocycles. The van der Waals surface area contributed by atoms with Crippen LogP contribution in [0.25, 0.3) is 0 Å². The van der Waals surface area contributed by atoms with Crippen LogP contribution in [0.15, 0.2) is 30.5 Å². The Morgan fingerprint density at radius 1 is 1.47 bits per heavy atom. The summed E-state index contributed by atoms with van der Waals surface area (Å²) in [7, 11) is 0. The molecular weight excluding hydrogens is 329 g/mol. The minimum atomic E-state index is -0.172. The van der Waals surface area contributed by atoms with Crippen LogP contribution in [-0.2, 0) is 16.0 Å². The van der Waals surface area contributed by atoms with Crippen molar-refractivity contribution in [1.82, 2.24) is 0 Å². The fourth-order valence-electron chi connectivity index (χ4n) is 1.36. The quantitative estimate of drug-likeness (QED) is 0.505. The first-order valence-corrected chi connectivity index (χ1v) is 6.62. The van der Waals surface area contributed by atoms with Crippen LogP contribution < -0.4 is 5.32 Å². The van der Waals surface area contributed by atoms with Gasteiger partial charge in [0.1, 0.15) is 0 Å². The van der Waals surface area contributed by atoms with Gasteiger partial charge in [-0.3, -0.25) is 4.79 Å². The van der Waals surface area contributed by atoms with Gasteiger partial charge in [0.25, 0.3) is 5.91 Å². The number of hydrogen-bond acceptors (Lipinski definition) is 2. The fourth-order valence-corrected chi connectivity index (χ4v) is 1.91. The van der Waals surface area contributed by atoms with Gasteiger partial charge in [-0.05, 0) is 59.7 Å². The monoisotopic (exact) mass is 345 g/mol. The average Bonchev–Trinajstić information content (AvgIpc) is 2.32. The Kier molecular flexibility index (Phi) is 6.04. The van der Waals surface area contributed by atoms with Gasteiger partial charge >= 0.3 is 0 Å². The lowest BCUT2D eigenvalue weighted by Gasteiger charge is -2.08. The van der Waals surface area contributed by atoms with Gasteiger partial charge in [-0.25, -0.2) is 0 Å². The highest BCUT2D eigenvalue weighted by molar-refractivity contribution is 14.1. The van der Waals surface area contributed by atoms with E-state index in [1.54, 1.807) is 0 Å². The Balaban J connectivity index is 2.71. The number of anilines is 1. The number of benzene rings is 1. The zero-order valence-electron chi connectivity index (χ0n) is 10.00. The summed E-state index contributed by atoms with van der Waals surface area (Å²) >= 11 is 2.26. The summed E-state index contributed by atoms with van der Waals surface area (Å²) in [5.74, 6) is -0.172. The molecule has 1 aromatic carbocycles. The van der Waals surface area contributed by atoms with Crippen LogP contribution >= 0.6 is 22.6 Å². The van der Waals surface area contributed by atoms with E-state index >= 15 is 0 Å². The largest absolute Gasteiger partial charge is 0.501 e. The number of hydrogen-bond donors (Lipinski definition) is 1. The maximum atomic E-state index is 11.6. The molecule has 17 heavy (non-hydrogen) atoms. The summed E-state index contributed by atoms with van der Waals surface area (Å²) in [6.07, 6.45) is 3.69. The predicted molar refractivity (Wildman–Crippen MR) is 77.9 cm³/mol. The molecule has 0 aliphatic rings. The molecule has 0 fully saturated rings. The normalized spacial score (nSPS) is 10.5. The van der Waals surface area contributed by atoms with Gasteiger partial charge in [0.05, 0.1) is 12.9 Å². The first kappa shape index (κ1) is 14.0. The van der Waals surface area contributed by atoms with Crippen molar-refractivity contribution < 1.29 is 9.53 Å². The number of aryl methyl sites for hydroxylation is 1. The zero-order valence-corrected chi connectivity index (χ0v) is 12.2. The van der Waals surface area contributed by atoms with Crippen molar-refractivity contribution in [1.29, 1.82) is 0 Å². The molecule has 0 radical (unpaired) electrons. The van der Waals surface area contributed by atoms with E-state index in [2.05, 4.69) is 40.9 Å². The van der Waals surface area contributed by atoms with E-state index in [9.17, 15) is 4.79 Å². The molecule has 0 aliphatic heterocycles. The first-order valence-electron chi connectivity index (χ1n) is 5.55. The van der Waals surface area contributed by atoms with E-state index in [4.69, 9.17) is 4.74 Å². The molecule has 92 valence electrons. The molecule has 0 unspecified atom stereocenters. The van der Waals surface area contributed by atoms with E-state index in [0.29, 0.717) is 6.61 Å². The third kappa shape index (κ3) is 4.77. The van der Waals surface area contributed by atoms with Crippen molar-refractivity contribution in [3.05, 3.63) is 39.7 Å². The molecular formula is C13H16INO2. The van der Waals surface area contributed by atoms with Crippen molar-refractivity contribution in [3.8, 4) is 0 Å². The Morgan fingerprint density at radius 2 is 2.24 bits per heavy atom. The highest BCUT2D eigenvalue weighted by Crippen LogP contribution is 2.19. The average molecular weight is 345 g/mol. The number of carbonyl (C=O) groups excluding carboxylic acids is 1. The number of nitrogens with one attached hydrogen (secondary N) is 1. The maximum absolute atomic E-state index is 11.6. The van der Waals surface area contributed by atoms with E-state index in [1.807, 2.05) is 19.1 Å². The lowest BCUT2D eigenvalue weighted by atomic mass is 10.1. The topological polar surface area (TPSA) is 38.3 Å². The second kappa shape index (κ2) is 7.32. The summed E-state index contributed by atoms with van der Waals surface area (Å²) in [5, 5.41) is 2.84. The Bertz CT molecular complexity index is 416. The van der Waals surface area contributed by atoms with Gasteiger partial charge in [-0.1, -0.05) is 6.92 Å². The Hall–Kier alpha value is -1.04. The van der Waals surface area contributed by atoms with Crippen molar-refractivity contribution in [2.75, 3.05) is 11.9 Å². The Labute approximate surface area is 115 Å².